The van der Waals surface area contributed by atoms with Crippen LogP contribution in [0.2, 0.25) is 0 Å². The third-order valence-electron chi connectivity index (χ3n) is 3.31. The van der Waals surface area contributed by atoms with Crippen molar-refractivity contribution in [3.63, 3.8) is 0 Å². The minimum atomic E-state index is 0.468. The number of fused-ring (bicyclic) bond motifs is 1. The van der Waals surface area contributed by atoms with Gasteiger partial charge in [-0.15, -0.1) is 0 Å². The van der Waals surface area contributed by atoms with E-state index in [2.05, 4.69) is 20.3 Å². The van der Waals surface area contributed by atoms with E-state index in [0.29, 0.717) is 29.5 Å². The molecule has 22 heavy (non-hydrogen) atoms. The molecule has 0 aliphatic rings. The first-order chi connectivity index (χ1) is 10.8. The summed E-state index contributed by atoms with van der Waals surface area (Å²) < 4.78 is 10.7. The lowest BCUT2D eigenvalue weighted by Gasteiger charge is -2.11. The van der Waals surface area contributed by atoms with Crippen molar-refractivity contribution >= 4 is 23.3 Å². The van der Waals surface area contributed by atoms with Crippen molar-refractivity contribution < 1.29 is 14.3 Å². The van der Waals surface area contributed by atoms with Gasteiger partial charge in [0.05, 0.1) is 19.8 Å². The molecule has 0 radical (unpaired) electrons. The molecule has 0 atom stereocenters. The molecule has 3 aromatic heterocycles. The molecular formula is C15H14N4O3. The number of hydrogen-bond donors (Lipinski definition) is 2. The van der Waals surface area contributed by atoms with Gasteiger partial charge in [-0.25, -0.2) is 9.97 Å². The highest BCUT2D eigenvalue weighted by atomic mass is 16.5. The third kappa shape index (κ3) is 2.22. The zero-order chi connectivity index (χ0) is 15.5. The number of hydrogen-bond acceptors (Lipinski definition) is 5. The number of aromatic amines is 1. The van der Waals surface area contributed by atoms with Crippen molar-refractivity contribution in [2.24, 2.45) is 0 Å². The van der Waals surface area contributed by atoms with E-state index in [0.717, 1.165) is 16.5 Å². The van der Waals surface area contributed by atoms with E-state index in [9.17, 15) is 4.79 Å². The van der Waals surface area contributed by atoms with Gasteiger partial charge < -0.3 is 19.8 Å². The minimum Gasteiger partial charge on any atom is -0.496 e. The molecule has 0 bridgehead atoms. The van der Waals surface area contributed by atoms with Crippen LogP contribution >= 0.6 is 0 Å². The zero-order valence-electron chi connectivity index (χ0n) is 12.1. The Morgan fingerprint density at radius 3 is 2.82 bits per heavy atom. The third-order valence-corrected chi connectivity index (χ3v) is 3.31. The van der Waals surface area contributed by atoms with Crippen molar-refractivity contribution in [2.45, 2.75) is 0 Å². The van der Waals surface area contributed by atoms with Crippen LogP contribution in [0.4, 0.5) is 5.82 Å². The van der Waals surface area contributed by atoms with Gasteiger partial charge in [0.15, 0.2) is 0 Å². The standard InChI is InChI=1S/C15H14N4O3/c1-21-11-5-6-16-15(22-2)13(11)10-7-17-14-9(10)3-4-12(19-14)18-8-20/h3-8H,1-2H3,(H2,17,18,19,20). The first-order valence-corrected chi connectivity index (χ1v) is 6.54. The van der Waals surface area contributed by atoms with Crippen LogP contribution in [-0.4, -0.2) is 35.6 Å². The van der Waals surface area contributed by atoms with Crippen molar-refractivity contribution in [1.29, 1.82) is 0 Å². The molecule has 0 aromatic carbocycles. The Morgan fingerprint density at radius 1 is 1.23 bits per heavy atom. The van der Waals surface area contributed by atoms with Crippen LogP contribution in [0.1, 0.15) is 0 Å². The number of ether oxygens (including phenoxy) is 2. The zero-order valence-corrected chi connectivity index (χ0v) is 12.1. The van der Waals surface area contributed by atoms with Gasteiger partial charge >= 0.3 is 0 Å². The molecule has 3 aromatic rings. The van der Waals surface area contributed by atoms with Crippen LogP contribution in [0.5, 0.6) is 11.6 Å². The molecule has 0 fully saturated rings. The molecule has 0 saturated carbocycles. The second-order valence-corrected chi connectivity index (χ2v) is 4.45. The van der Waals surface area contributed by atoms with Gasteiger partial charge in [0.1, 0.15) is 17.2 Å². The molecule has 7 heteroatoms. The Balaban J connectivity index is 2.21. The highest BCUT2D eigenvalue weighted by Gasteiger charge is 2.18. The Kier molecular flexibility index (Phi) is 3.61. The van der Waals surface area contributed by atoms with E-state index < -0.39 is 0 Å². The van der Waals surface area contributed by atoms with Crippen LogP contribution in [0.25, 0.3) is 22.2 Å². The minimum absolute atomic E-state index is 0.468. The van der Waals surface area contributed by atoms with Crippen LogP contribution in [-0.2, 0) is 4.79 Å². The molecule has 112 valence electrons. The summed E-state index contributed by atoms with van der Waals surface area (Å²) in [4.78, 5) is 22.1. The summed E-state index contributed by atoms with van der Waals surface area (Å²) in [5.41, 5.74) is 2.26. The van der Waals surface area contributed by atoms with Crippen LogP contribution in [0.3, 0.4) is 0 Å². The molecule has 3 rings (SSSR count). The Labute approximate surface area is 126 Å². The van der Waals surface area contributed by atoms with E-state index in [1.165, 1.54) is 0 Å². The fraction of sp³-hybridized carbons (Fsp3) is 0.133. The monoisotopic (exact) mass is 298 g/mol. The predicted molar refractivity (Wildman–Crippen MR) is 82.1 cm³/mol. The lowest BCUT2D eigenvalue weighted by Crippen LogP contribution is -1.96. The number of nitrogens with zero attached hydrogens (tertiary/aromatic N) is 2. The normalized spacial score (nSPS) is 10.5. The maximum Gasteiger partial charge on any atom is 0.224 e. The second kappa shape index (κ2) is 5.72. The van der Waals surface area contributed by atoms with Gasteiger partial charge in [-0.2, -0.15) is 0 Å². The smallest absolute Gasteiger partial charge is 0.224 e. The van der Waals surface area contributed by atoms with E-state index >= 15 is 0 Å². The van der Waals surface area contributed by atoms with Crippen molar-refractivity contribution in [2.75, 3.05) is 19.5 Å². The maximum atomic E-state index is 10.5. The fourth-order valence-electron chi connectivity index (χ4n) is 2.35. The highest BCUT2D eigenvalue weighted by Crippen LogP contribution is 2.40. The molecule has 1 amide bonds. The largest absolute Gasteiger partial charge is 0.496 e. The Hall–Kier alpha value is -3.09. The number of methoxy groups -OCH3 is 2. The van der Waals surface area contributed by atoms with Crippen LogP contribution in [0, 0.1) is 0 Å². The SMILES string of the molecule is COc1ccnc(OC)c1-c1c[nH]c2nc(NC=O)ccc12. The Bertz CT molecular complexity index is 807. The molecule has 0 aliphatic heterocycles. The summed E-state index contributed by atoms with van der Waals surface area (Å²) in [5, 5.41) is 3.40. The molecule has 0 unspecified atom stereocenters. The number of H-pyrrole nitrogens is 1. The molecular weight excluding hydrogens is 284 g/mol. The van der Waals surface area contributed by atoms with Gasteiger partial charge in [0.2, 0.25) is 12.3 Å². The molecule has 0 spiro atoms. The average Bonchev–Trinajstić information content (AvgIpc) is 2.97. The first kappa shape index (κ1) is 13.9. The summed E-state index contributed by atoms with van der Waals surface area (Å²) in [6, 6.07) is 5.36. The van der Waals surface area contributed by atoms with E-state index in [4.69, 9.17) is 9.47 Å². The summed E-state index contributed by atoms with van der Waals surface area (Å²) in [6.45, 7) is 0. The predicted octanol–water partition coefficient (Wildman–Crippen LogP) is 2.21. The molecule has 2 N–H and O–H groups in total. The quantitative estimate of drug-likeness (QED) is 0.705. The fourth-order valence-corrected chi connectivity index (χ4v) is 2.35. The van der Waals surface area contributed by atoms with Gasteiger partial charge in [-0.3, -0.25) is 4.79 Å². The number of amides is 1. The van der Waals surface area contributed by atoms with Crippen molar-refractivity contribution in [3.05, 3.63) is 30.6 Å². The number of nitrogens with one attached hydrogen (secondary N) is 2. The number of anilines is 1. The second-order valence-electron chi connectivity index (χ2n) is 4.45. The van der Waals surface area contributed by atoms with Gasteiger partial charge in [-0.1, -0.05) is 0 Å². The molecule has 0 aliphatic carbocycles. The average molecular weight is 298 g/mol. The maximum absolute atomic E-state index is 10.5. The number of pyridine rings is 2. The summed E-state index contributed by atoms with van der Waals surface area (Å²) in [7, 11) is 3.15. The molecule has 7 nitrogen and oxygen atoms in total. The topological polar surface area (TPSA) is 89.1 Å². The lowest BCUT2D eigenvalue weighted by molar-refractivity contribution is -0.105. The summed E-state index contributed by atoms with van der Waals surface area (Å²) in [6.07, 6.45) is 4.02. The van der Waals surface area contributed by atoms with Gasteiger partial charge in [0, 0.05) is 23.3 Å². The van der Waals surface area contributed by atoms with Crippen LogP contribution in [0.15, 0.2) is 30.6 Å². The number of carbonyl (C=O) groups excluding carboxylic acids is 1. The van der Waals surface area contributed by atoms with E-state index in [1.54, 1.807) is 32.5 Å². The summed E-state index contributed by atoms with van der Waals surface area (Å²) in [5.74, 6) is 1.60. The van der Waals surface area contributed by atoms with Gasteiger partial charge in [0.25, 0.3) is 0 Å². The first-order valence-electron chi connectivity index (χ1n) is 6.54. The highest BCUT2D eigenvalue weighted by molar-refractivity contribution is 5.97. The van der Waals surface area contributed by atoms with Crippen molar-refractivity contribution in [1.82, 2.24) is 15.0 Å². The number of rotatable bonds is 5. The molecule has 3 heterocycles. The summed E-state index contributed by atoms with van der Waals surface area (Å²) >= 11 is 0. The van der Waals surface area contributed by atoms with E-state index in [1.807, 2.05) is 12.3 Å². The lowest BCUT2D eigenvalue weighted by atomic mass is 10.1. The molecule has 0 saturated heterocycles. The van der Waals surface area contributed by atoms with Crippen molar-refractivity contribution in [3.8, 4) is 22.8 Å². The number of carbonyl (C=O) groups is 1. The van der Waals surface area contributed by atoms with Crippen LogP contribution < -0.4 is 14.8 Å². The van der Waals surface area contributed by atoms with Gasteiger partial charge in [-0.05, 0) is 18.2 Å². The van der Waals surface area contributed by atoms with E-state index in [-0.39, 0.29) is 0 Å². The number of aromatic nitrogens is 3. The Morgan fingerprint density at radius 2 is 2.09 bits per heavy atom.